The fourth-order valence-electron chi connectivity index (χ4n) is 4.77. The van der Waals surface area contributed by atoms with Gasteiger partial charge in [-0.1, -0.05) is 36.9 Å². The minimum absolute atomic E-state index is 0.114. The second kappa shape index (κ2) is 8.70. The number of hydrogen-bond donors (Lipinski definition) is 2. The van der Waals surface area contributed by atoms with E-state index in [-0.39, 0.29) is 23.6 Å². The Morgan fingerprint density at radius 1 is 1.18 bits per heavy atom. The average Bonchev–Trinajstić information content (AvgIpc) is 3.17. The van der Waals surface area contributed by atoms with Gasteiger partial charge in [-0.2, -0.15) is 0 Å². The minimum atomic E-state index is -0.298. The van der Waals surface area contributed by atoms with E-state index >= 15 is 0 Å². The second-order valence-corrected chi connectivity index (χ2v) is 10.1. The van der Waals surface area contributed by atoms with Gasteiger partial charge in [0.15, 0.2) is 5.65 Å². The fourth-order valence-corrected chi connectivity index (χ4v) is 5.70. The molecule has 0 bridgehead atoms. The topological polar surface area (TPSA) is 86.9 Å². The molecule has 2 aromatic heterocycles. The number of benzene rings is 2. The molecule has 2 radical (unpaired) electrons. The SMILES string of the molecule is C[Si][C@H]1CN(C[C@@H](C)NC(=O)c2cccn3c(=O)c4ccc5ccccc5c4nc23)C[C@@H]1O. The number of aliphatic hydroxyl groups is 1. The van der Waals surface area contributed by atoms with Crippen LogP contribution in [0, 0.1) is 0 Å². The van der Waals surface area contributed by atoms with Crippen LogP contribution < -0.4 is 10.9 Å². The predicted octanol–water partition coefficient (Wildman–Crippen LogP) is 2.34. The normalized spacial score (nSPS) is 20.0. The van der Waals surface area contributed by atoms with Gasteiger partial charge in [0.05, 0.1) is 22.6 Å². The van der Waals surface area contributed by atoms with Gasteiger partial charge in [0.1, 0.15) is 0 Å². The summed E-state index contributed by atoms with van der Waals surface area (Å²) in [4.78, 5) is 33.4. The predicted molar refractivity (Wildman–Crippen MR) is 131 cm³/mol. The van der Waals surface area contributed by atoms with Crippen molar-refractivity contribution in [1.29, 1.82) is 0 Å². The molecule has 1 aliphatic rings. The molecule has 2 N–H and O–H groups in total. The average molecular weight is 459 g/mol. The number of nitrogens with one attached hydrogen (secondary N) is 1. The smallest absolute Gasteiger partial charge is 0.265 e. The molecule has 3 atom stereocenters. The molecule has 1 amide bonds. The van der Waals surface area contributed by atoms with Crippen molar-refractivity contribution in [2.24, 2.45) is 0 Å². The first-order valence-corrected chi connectivity index (χ1v) is 12.8. The van der Waals surface area contributed by atoms with Gasteiger partial charge in [-0.25, -0.2) is 4.98 Å². The number of carbonyl (C=O) groups is 1. The number of carbonyl (C=O) groups excluding carboxylic acids is 1. The van der Waals surface area contributed by atoms with E-state index in [0.29, 0.717) is 50.3 Å². The molecular formula is C25H26N4O3Si. The minimum Gasteiger partial charge on any atom is -0.392 e. The summed E-state index contributed by atoms with van der Waals surface area (Å²) in [5, 5.41) is 15.6. The number of fused-ring (bicyclic) bond motifs is 4. The van der Waals surface area contributed by atoms with E-state index in [9.17, 15) is 14.7 Å². The molecule has 1 saturated heterocycles. The molecule has 33 heavy (non-hydrogen) atoms. The molecule has 0 aliphatic carbocycles. The number of hydrogen-bond acceptors (Lipinski definition) is 5. The summed E-state index contributed by atoms with van der Waals surface area (Å²) in [5.41, 5.74) is 1.43. The number of nitrogens with zero attached hydrogens (tertiary/aromatic N) is 3. The van der Waals surface area contributed by atoms with Crippen molar-refractivity contribution in [1.82, 2.24) is 19.6 Å². The Morgan fingerprint density at radius 3 is 2.79 bits per heavy atom. The third kappa shape index (κ3) is 3.94. The van der Waals surface area contributed by atoms with E-state index in [1.54, 1.807) is 24.4 Å². The molecule has 4 aromatic rings. The van der Waals surface area contributed by atoms with Crippen molar-refractivity contribution < 1.29 is 9.90 Å². The molecule has 1 aliphatic heterocycles. The first kappa shape index (κ1) is 21.8. The zero-order chi connectivity index (χ0) is 23.1. The number of aromatic nitrogens is 2. The zero-order valence-electron chi connectivity index (χ0n) is 18.7. The highest BCUT2D eigenvalue weighted by atomic mass is 28.2. The molecule has 2 aromatic carbocycles. The summed E-state index contributed by atoms with van der Waals surface area (Å²) in [5.74, 6) is -0.263. The van der Waals surface area contributed by atoms with Gasteiger partial charge in [-0.3, -0.25) is 18.9 Å². The van der Waals surface area contributed by atoms with E-state index in [1.807, 2.05) is 37.3 Å². The standard InChI is InChI=1S/C25H26N4O3Si/c1-15(12-28-13-20(30)21(14-28)33-2)26-24(31)19-8-5-11-29-23(19)27-22-17-7-4-3-6-16(17)9-10-18(22)25(29)32/h3-11,15,20-21,30H,12-14H2,1-2H3,(H,26,31)/t15-,20+,21+/m1/s1. The first-order valence-electron chi connectivity index (χ1n) is 11.2. The van der Waals surface area contributed by atoms with Gasteiger partial charge in [0.2, 0.25) is 0 Å². The van der Waals surface area contributed by atoms with Crippen molar-refractivity contribution in [3.05, 3.63) is 70.6 Å². The van der Waals surface area contributed by atoms with Crippen LogP contribution in [-0.2, 0) is 0 Å². The molecule has 168 valence electrons. The maximum absolute atomic E-state index is 13.2. The highest BCUT2D eigenvalue weighted by Gasteiger charge is 2.31. The maximum atomic E-state index is 13.2. The molecule has 3 heterocycles. The first-order chi connectivity index (χ1) is 16.0. The van der Waals surface area contributed by atoms with E-state index in [4.69, 9.17) is 4.98 Å². The molecule has 7 nitrogen and oxygen atoms in total. The lowest BCUT2D eigenvalue weighted by Gasteiger charge is -2.22. The van der Waals surface area contributed by atoms with Crippen LogP contribution in [0.2, 0.25) is 12.1 Å². The molecule has 8 heteroatoms. The Kier molecular flexibility index (Phi) is 5.73. The van der Waals surface area contributed by atoms with E-state index < -0.39 is 0 Å². The molecule has 1 fully saturated rings. The van der Waals surface area contributed by atoms with Crippen molar-refractivity contribution in [2.75, 3.05) is 19.6 Å². The molecule has 5 rings (SSSR count). The summed E-state index contributed by atoms with van der Waals surface area (Å²) >= 11 is 0. The van der Waals surface area contributed by atoms with Crippen LogP contribution >= 0.6 is 0 Å². The van der Waals surface area contributed by atoms with Crippen LogP contribution in [0.1, 0.15) is 17.3 Å². The lowest BCUT2D eigenvalue weighted by molar-refractivity contribution is 0.0931. The van der Waals surface area contributed by atoms with Crippen molar-refractivity contribution >= 4 is 42.7 Å². The lowest BCUT2D eigenvalue weighted by atomic mass is 10.1. The number of β-amino-alcohol motifs (C(OH)–C–C–N with tert-alkyl or cyclic N) is 1. The summed E-state index contributed by atoms with van der Waals surface area (Å²) in [6.45, 7) is 6.22. The zero-order valence-corrected chi connectivity index (χ0v) is 19.7. The quantitative estimate of drug-likeness (QED) is 0.272. The molecular weight excluding hydrogens is 432 g/mol. The highest BCUT2D eigenvalue weighted by Crippen LogP contribution is 2.23. The van der Waals surface area contributed by atoms with Crippen molar-refractivity contribution in [3.63, 3.8) is 0 Å². The molecule has 0 saturated carbocycles. The third-order valence-electron chi connectivity index (χ3n) is 6.42. The Morgan fingerprint density at radius 2 is 2.00 bits per heavy atom. The summed E-state index contributed by atoms with van der Waals surface area (Å²) in [6.07, 6.45) is 1.35. The van der Waals surface area contributed by atoms with E-state index in [2.05, 4.69) is 16.8 Å². The van der Waals surface area contributed by atoms with Crippen LogP contribution in [0.4, 0.5) is 0 Å². The fraction of sp³-hybridized carbons (Fsp3) is 0.320. The Labute approximate surface area is 193 Å². The van der Waals surface area contributed by atoms with Gasteiger partial charge in [0, 0.05) is 46.8 Å². The van der Waals surface area contributed by atoms with Crippen LogP contribution in [-0.4, -0.2) is 66.6 Å². The Hall–Kier alpha value is -3.07. The van der Waals surface area contributed by atoms with Crippen molar-refractivity contribution in [3.8, 4) is 0 Å². The van der Waals surface area contributed by atoms with Crippen LogP contribution in [0.25, 0.3) is 27.3 Å². The van der Waals surface area contributed by atoms with Gasteiger partial charge in [-0.15, -0.1) is 0 Å². The van der Waals surface area contributed by atoms with Gasteiger partial charge >= 0.3 is 0 Å². The number of rotatable bonds is 5. The van der Waals surface area contributed by atoms with Gasteiger partial charge in [0.25, 0.3) is 11.5 Å². The Bertz CT molecular complexity index is 1420. The third-order valence-corrected chi connectivity index (χ3v) is 7.73. The van der Waals surface area contributed by atoms with E-state index in [1.165, 1.54) is 4.40 Å². The summed E-state index contributed by atoms with van der Waals surface area (Å²) in [6, 6.07) is 14.8. The number of likely N-dealkylation sites (tertiary alicyclic amines) is 1. The van der Waals surface area contributed by atoms with E-state index in [0.717, 1.165) is 17.3 Å². The van der Waals surface area contributed by atoms with Gasteiger partial charge < -0.3 is 10.4 Å². The lowest BCUT2D eigenvalue weighted by Crippen LogP contribution is -2.41. The van der Waals surface area contributed by atoms with Crippen molar-refractivity contribution in [2.45, 2.75) is 31.2 Å². The number of amides is 1. The van der Waals surface area contributed by atoms with Crippen LogP contribution in [0.3, 0.4) is 0 Å². The molecule has 0 spiro atoms. The summed E-state index contributed by atoms with van der Waals surface area (Å²) in [7, 11) is 0.700. The molecule has 0 unspecified atom stereocenters. The van der Waals surface area contributed by atoms with Gasteiger partial charge in [-0.05, 0) is 36.1 Å². The monoisotopic (exact) mass is 458 g/mol. The summed E-state index contributed by atoms with van der Waals surface area (Å²) < 4.78 is 1.44. The maximum Gasteiger partial charge on any atom is 0.265 e. The number of pyridine rings is 1. The Balaban J connectivity index is 1.48. The van der Waals surface area contributed by atoms with Crippen LogP contribution in [0.5, 0.6) is 0 Å². The largest absolute Gasteiger partial charge is 0.392 e. The highest BCUT2D eigenvalue weighted by molar-refractivity contribution is 6.36. The second-order valence-electron chi connectivity index (χ2n) is 8.77. The number of aliphatic hydroxyl groups excluding tert-OH is 1. The van der Waals surface area contributed by atoms with Crippen LogP contribution in [0.15, 0.2) is 59.5 Å².